The van der Waals surface area contributed by atoms with E-state index in [1.165, 1.54) is 10.7 Å². The molecule has 0 amide bonds. The Balaban J connectivity index is 2.15. The summed E-state index contributed by atoms with van der Waals surface area (Å²) < 4.78 is 15.8. The Morgan fingerprint density at radius 1 is 1.43 bits per heavy atom. The lowest BCUT2D eigenvalue weighted by molar-refractivity contribution is 0.0770. The topological polar surface area (TPSA) is 50.1 Å². The molecule has 0 aliphatic rings. The van der Waals surface area contributed by atoms with Crippen LogP contribution < -0.4 is 5.32 Å². The zero-order chi connectivity index (χ0) is 15.6. The molecule has 0 radical (unpaired) electrons. The lowest BCUT2D eigenvalue weighted by Crippen LogP contribution is -2.36. The molecule has 0 aliphatic heterocycles. The van der Waals surface area contributed by atoms with E-state index < -0.39 is 5.60 Å². The normalized spacial score (nSPS) is 13.4. The van der Waals surface area contributed by atoms with Crippen LogP contribution in [0.3, 0.4) is 0 Å². The molecule has 4 nitrogen and oxygen atoms in total. The maximum atomic E-state index is 14.2. The van der Waals surface area contributed by atoms with Crippen LogP contribution >= 0.6 is 0 Å². The Bertz CT molecular complexity index is 616. The van der Waals surface area contributed by atoms with E-state index in [0.29, 0.717) is 12.2 Å². The highest BCUT2D eigenvalue weighted by Gasteiger charge is 2.15. The van der Waals surface area contributed by atoms with Gasteiger partial charge >= 0.3 is 0 Å². The molecule has 0 fully saturated rings. The van der Waals surface area contributed by atoms with Crippen LogP contribution in [-0.2, 0) is 0 Å². The minimum Gasteiger partial charge on any atom is -0.389 e. The third-order valence-corrected chi connectivity index (χ3v) is 3.27. The predicted octanol–water partition coefficient (Wildman–Crippen LogP) is 2.74. The second-order valence-electron chi connectivity index (χ2n) is 6.09. The van der Waals surface area contributed by atoms with Gasteiger partial charge in [-0.2, -0.15) is 5.10 Å². The van der Waals surface area contributed by atoms with Crippen molar-refractivity contribution in [1.82, 2.24) is 15.1 Å². The van der Waals surface area contributed by atoms with Crippen LogP contribution in [0.1, 0.15) is 37.9 Å². The van der Waals surface area contributed by atoms with Crippen LogP contribution in [0, 0.1) is 12.7 Å². The number of nitrogens with zero attached hydrogens (tertiary/aromatic N) is 2. The molecule has 0 aliphatic carbocycles. The van der Waals surface area contributed by atoms with Gasteiger partial charge in [-0.3, -0.25) is 0 Å². The SMILES string of the molecule is Cc1cnn(-c2ccc(C(C)NCC(C)(C)O)cc2F)c1. The van der Waals surface area contributed by atoms with Gasteiger partial charge < -0.3 is 10.4 Å². The summed E-state index contributed by atoms with van der Waals surface area (Å²) in [5.41, 5.74) is 1.46. The van der Waals surface area contributed by atoms with Crippen molar-refractivity contribution in [3.63, 3.8) is 0 Å². The van der Waals surface area contributed by atoms with Gasteiger partial charge in [-0.1, -0.05) is 6.07 Å². The Labute approximate surface area is 124 Å². The van der Waals surface area contributed by atoms with Gasteiger partial charge in [-0.05, 0) is 51.0 Å². The van der Waals surface area contributed by atoms with E-state index >= 15 is 0 Å². The molecule has 5 heteroatoms. The monoisotopic (exact) mass is 291 g/mol. The van der Waals surface area contributed by atoms with Crippen molar-refractivity contribution in [2.24, 2.45) is 0 Å². The number of aromatic nitrogens is 2. The van der Waals surface area contributed by atoms with Gasteiger partial charge in [-0.15, -0.1) is 0 Å². The summed E-state index contributed by atoms with van der Waals surface area (Å²) in [7, 11) is 0. The summed E-state index contributed by atoms with van der Waals surface area (Å²) in [6.07, 6.45) is 3.48. The van der Waals surface area contributed by atoms with Gasteiger partial charge in [0.2, 0.25) is 0 Å². The van der Waals surface area contributed by atoms with Gasteiger partial charge in [0.05, 0.1) is 11.8 Å². The molecule has 1 atom stereocenters. The zero-order valence-corrected chi connectivity index (χ0v) is 12.9. The summed E-state index contributed by atoms with van der Waals surface area (Å²) in [6, 6.07) is 5.06. The Morgan fingerprint density at radius 2 is 2.14 bits per heavy atom. The van der Waals surface area contributed by atoms with E-state index in [2.05, 4.69) is 10.4 Å². The van der Waals surface area contributed by atoms with Gasteiger partial charge in [0.15, 0.2) is 0 Å². The van der Waals surface area contributed by atoms with Gasteiger partial charge in [-0.25, -0.2) is 9.07 Å². The Hall–Kier alpha value is -1.72. The van der Waals surface area contributed by atoms with Crippen molar-refractivity contribution >= 4 is 0 Å². The number of aryl methyl sites for hydroxylation is 1. The number of halogens is 1. The zero-order valence-electron chi connectivity index (χ0n) is 12.9. The molecule has 2 aromatic rings. The van der Waals surface area contributed by atoms with E-state index in [-0.39, 0.29) is 11.9 Å². The van der Waals surface area contributed by atoms with Crippen molar-refractivity contribution in [1.29, 1.82) is 0 Å². The minimum atomic E-state index is -0.792. The molecule has 21 heavy (non-hydrogen) atoms. The van der Waals surface area contributed by atoms with E-state index in [4.69, 9.17) is 0 Å². The first-order chi connectivity index (χ1) is 9.76. The van der Waals surface area contributed by atoms with E-state index in [9.17, 15) is 9.50 Å². The van der Waals surface area contributed by atoms with Crippen molar-refractivity contribution < 1.29 is 9.50 Å². The molecule has 1 heterocycles. The number of hydrogen-bond acceptors (Lipinski definition) is 3. The first-order valence-corrected chi connectivity index (χ1v) is 7.03. The van der Waals surface area contributed by atoms with Gasteiger partial charge in [0.1, 0.15) is 11.5 Å². The molecular formula is C16H22FN3O. The van der Waals surface area contributed by atoms with Crippen LogP contribution in [0.25, 0.3) is 5.69 Å². The fourth-order valence-electron chi connectivity index (χ4n) is 2.04. The van der Waals surface area contributed by atoms with Crippen LogP contribution in [0.4, 0.5) is 4.39 Å². The number of aliphatic hydroxyl groups is 1. The first kappa shape index (κ1) is 15.7. The average Bonchev–Trinajstić information content (AvgIpc) is 2.81. The highest BCUT2D eigenvalue weighted by atomic mass is 19.1. The average molecular weight is 291 g/mol. The van der Waals surface area contributed by atoms with Crippen molar-refractivity contribution in [2.45, 2.75) is 39.3 Å². The molecule has 114 valence electrons. The van der Waals surface area contributed by atoms with Gasteiger partial charge in [0.25, 0.3) is 0 Å². The number of nitrogens with one attached hydrogen (secondary N) is 1. The summed E-state index contributed by atoms with van der Waals surface area (Å²) >= 11 is 0. The Morgan fingerprint density at radius 3 is 2.67 bits per heavy atom. The number of hydrogen-bond donors (Lipinski definition) is 2. The predicted molar refractivity (Wildman–Crippen MR) is 81.0 cm³/mol. The maximum absolute atomic E-state index is 14.2. The molecule has 1 aromatic carbocycles. The van der Waals surface area contributed by atoms with Crippen molar-refractivity contribution in [3.8, 4) is 5.69 Å². The number of benzene rings is 1. The summed E-state index contributed by atoms with van der Waals surface area (Å²) in [6.45, 7) is 7.76. The molecule has 0 saturated heterocycles. The van der Waals surface area contributed by atoms with Crippen LogP contribution in [-0.4, -0.2) is 27.0 Å². The highest BCUT2D eigenvalue weighted by Crippen LogP contribution is 2.20. The lowest BCUT2D eigenvalue weighted by atomic mass is 10.1. The molecule has 2 N–H and O–H groups in total. The second-order valence-corrected chi connectivity index (χ2v) is 6.09. The smallest absolute Gasteiger partial charge is 0.149 e. The minimum absolute atomic E-state index is 0.0423. The van der Waals surface area contributed by atoms with E-state index in [1.807, 2.05) is 19.9 Å². The largest absolute Gasteiger partial charge is 0.389 e. The summed E-state index contributed by atoms with van der Waals surface area (Å²) in [5.74, 6) is -0.312. The molecule has 1 aromatic heterocycles. The fourth-order valence-corrected chi connectivity index (χ4v) is 2.04. The molecule has 1 unspecified atom stereocenters. The van der Waals surface area contributed by atoms with Crippen LogP contribution in [0.15, 0.2) is 30.6 Å². The van der Waals surface area contributed by atoms with Crippen molar-refractivity contribution in [3.05, 3.63) is 47.5 Å². The third kappa shape index (κ3) is 4.12. The van der Waals surface area contributed by atoms with Crippen LogP contribution in [0.2, 0.25) is 0 Å². The standard InChI is InChI=1S/C16H22FN3O/c1-11-8-19-20(9-11)15-6-5-13(7-14(15)17)12(2)18-10-16(3,4)21/h5-9,12,18,21H,10H2,1-4H3. The molecule has 0 spiro atoms. The van der Waals surface area contributed by atoms with Gasteiger partial charge in [0, 0.05) is 18.8 Å². The van der Waals surface area contributed by atoms with Crippen LogP contribution in [0.5, 0.6) is 0 Å². The molecule has 0 saturated carbocycles. The first-order valence-electron chi connectivity index (χ1n) is 7.03. The van der Waals surface area contributed by atoms with Crippen molar-refractivity contribution in [2.75, 3.05) is 6.54 Å². The van der Waals surface area contributed by atoms with E-state index in [1.54, 1.807) is 32.3 Å². The molecule has 0 bridgehead atoms. The van der Waals surface area contributed by atoms with E-state index in [0.717, 1.165) is 11.1 Å². The lowest BCUT2D eigenvalue weighted by Gasteiger charge is -2.22. The fraction of sp³-hybridized carbons (Fsp3) is 0.438. The molecule has 2 rings (SSSR count). The number of rotatable bonds is 5. The second kappa shape index (κ2) is 5.95. The summed E-state index contributed by atoms with van der Waals surface area (Å²) in [4.78, 5) is 0. The molecular weight excluding hydrogens is 269 g/mol. The maximum Gasteiger partial charge on any atom is 0.149 e. The third-order valence-electron chi connectivity index (χ3n) is 3.27. The Kier molecular flexibility index (Phi) is 4.44. The quantitative estimate of drug-likeness (QED) is 0.890. The summed E-state index contributed by atoms with van der Waals surface area (Å²) in [5, 5.41) is 17.0. The highest BCUT2D eigenvalue weighted by molar-refractivity contribution is 5.37.